The maximum absolute atomic E-state index is 11.9. The van der Waals surface area contributed by atoms with Gasteiger partial charge >= 0.3 is 6.18 Å². The number of aryl methyl sites for hydroxylation is 1. The molecule has 1 aromatic rings. The molecular formula is C8H12F3N3O. The fourth-order valence-electron chi connectivity index (χ4n) is 0.929. The summed E-state index contributed by atoms with van der Waals surface area (Å²) in [5, 5.41) is 16.6. The second-order valence-corrected chi connectivity index (χ2v) is 3.79. The fraction of sp³-hybridized carbons (Fsp3) is 0.750. The van der Waals surface area contributed by atoms with Crippen LogP contribution in [0.25, 0.3) is 0 Å². The van der Waals surface area contributed by atoms with Crippen LogP contribution >= 0.6 is 0 Å². The van der Waals surface area contributed by atoms with Gasteiger partial charge in [-0.25, -0.2) is 0 Å². The maximum atomic E-state index is 11.9. The normalized spacial score (nSPS) is 13.2. The number of nitrogens with zero attached hydrogens (tertiary/aromatic N) is 3. The minimum absolute atomic E-state index is 0.254. The molecule has 1 aromatic heterocycles. The summed E-state index contributed by atoms with van der Waals surface area (Å²) in [6, 6.07) is 0. The molecule has 0 atom stereocenters. The van der Waals surface area contributed by atoms with Crippen molar-refractivity contribution in [3.63, 3.8) is 0 Å². The molecule has 86 valence electrons. The molecule has 0 aliphatic heterocycles. The Hall–Kier alpha value is -1.11. The first-order valence-electron chi connectivity index (χ1n) is 4.38. The Kier molecular flexibility index (Phi) is 3.03. The molecule has 7 heteroatoms. The third-order valence-electron chi connectivity index (χ3n) is 1.79. The van der Waals surface area contributed by atoms with E-state index in [1.165, 1.54) is 20.0 Å². The molecule has 1 N–H and O–H groups in total. The van der Waals surface area contributed by atoms with E-state index < -0.39 is 18.2 Å². The van der Waals surface area contributed by atoms with Gasteiger partial charge in [0, 0.05) is 0 Å². The number of aliphatic hydroxyl groups is 1. The Labute approximate surface area is 84.7 Å². The predicted molar refractivity (Wildman–Crippen MR) is 45.9 cm³/mol. The fourth-order valence-corrected chi connectivity index (χ4v) is 0.929. The van der Waals surface area contributed by atoms with Crippen LogP contribution in [0.15, 0.2) is 6.20 Å². The van der Waals surface area contributed by atoms with Crippen LogP contribution in [-0.4, -0.2) is 26.3 Å². The number of hydrogen-bond donors (Lipinski definition) is 1. The quantitative estimate of drug-likeness (QED) is 0.843. The van der Waals surface area contributed by atoms with Gasteiger partial charge in [0.2, 0.25) is 0 Å². The molecule has 0 radical (unpaired) electrons. The van der Waals surface area contributed by atoms with Crippen LogP contribution in [0.5, 0.6) is 0 Å². The molecule has 0 aliphatic carbocycles. The van der Waals surface area contributed by atoms with Crippen molar-refractivity contribution in [3.8, 4) is 0 Å². The summed E-state index contributed by atoms with van der Waals surface area (Å²) in [4.78, 5) is 0. The van der Waals surface area contributed by atoms with E-state index in [2.05, 4.69) is 10.3 Å². The van der Waals surface area contributed by atoms with Crippen LogP contribution in [0.4, 0.5) is 13.2 Å². The van der Waals surface area contributed by atoms with E-state index in [4.69, 9.17) is 0 Å². The highest BCUT2D eigenvalue weighted by Gasteiger charge is 2.27. The third-order valence-corrected chi connectivity index (χ3v) is 1.79. The summed E-state index contributed by atoms with van der Waals surface area (Å²) < 4.78 is 36.7. The zero-order valence-corrected chi connectivity index (χ0v) is 8.41. The van der Waals surface area contributed by atoms with Crippen molar-refractivity contribution < 1.29 is 18.3 Å². The monoisotopic (exact) mass is 223 g/mol. The van der Waals surface area contributed by atoms with Gasteiger partial charge in [-0.2, -0.15) is 13.2 Å². The van der Waals surface area contributed by atoms with Crippen molar-refractivity contribution in [2.24, 2.45) is 0 Å². The molecule has 15 heavy (non-hydrogen) atoms. The molecule has 0 spiro atoms. The zero-order valence-electron chi connectivity index (χ0n) is 8.41. The lowest BCUT2D eigenvalue weighted by molar-refractivity contribution is -0.137. The van der Waals surface area contributed by atoms with E-state index in [0.717, 1.165) is 4.68 Å². The summed E-state index contributed by atoms with van der Waals surface area (Å²) in [6.07, 6.45) is -3.85. The van der Waals surface area contributed by atoms with Crippen LogP contribution < -0.4 is 0 Å². The molecule has 0 saturated carbocycles. The van der Waals surface area contributed by atoms with Crippen LogP contribution in [0.2, 0.25) is 0 Å². The molecular weight excluding hydrogens is 211 g/mol. The minimum Gasteiger partial charge on any atom is -0.384 e. The Balaban J connectivity index is 2.62. The highest BCUT2D eigenvalue weighted by molar-refractivity contribution is 5.02. The Morgan fingerprint density at radius 3 is 2.40 bits per heavy atom. The molecule has 0 saturated heterocycles. The maximum Gasteiger partial charge on any atom is 0.390 e. The zero-order chi connectivity index (χ0) is 11.7. The molecule has 1 heterocycles. The third kappa shape index (κ3) is 3.86. The van der Waals surface area contributed by atoms with Gasteiger partial charge in [-0.1, -0.05) is 5.21 Å². The first-order chi connectivity index (χ1) is 6.68. The molecule has 0 bridgehead atoms. The second-order valence-electron chi connectivity index (χ2n) is 3.79. The van der Waals surface area contributed by atoms with Crippen LogP contribution in [-0.2, 0) is 12.1 Å². The van der Waals surface area contributed by atoms with Gasteiger partial charge in [-0.05, 0) is 13.8 Å². The number of aromatic nitrogens is 3. The van der Waals surface area contributed by atoms with Crippen molar-refractivity contribution in [2.45, 2.75) is 38.6 Å². The Bertz CT molecular complexity index is 327. The van der Waals surface area contributed by atoms with Crippen molar-refractivity contribution in [2.75, 3.05) is 0 Å². The van der Waals surface area contributed by atoms with Crippen molar-refractivity contribution in [1.29, 1.82) is 0 Å². The average molecular weight is 223 g/mol. The number of alkyl halides is 3. The first-order valence-corrected chi connectivity index (χ1v) is 4.38. The predicted octanol–water partition coefficient (Wildman–Crippen LogP) is 1.46. The lowest BCUT2D eigenvalue weighted by Gasteiger charge is -2.11. The van der Waals surface area contributed by atoms with E-state index in [0.29, 0.717) is 0 Å². The largest absolute Gasteiger partial charge is 0.390 e. The van der Waals surface area contributed by atoms with Crippen molar-refractivity contribution >= 4 is 0 Å². The molecule has 0 aliphatic rings. The van der Waals surface area contributed by atoms with E-state index in [1.54, 1.807) is 0 Å². The van der Waals surface area contributed by atoms with Crippen LogP contribution in [0.3, 0.4) is 0 Å². The van der Waals surface area contributed by atoms with Gasteiger partial charge in [0.15, 0.2) is 0 Å². The molecule has 0 unspecified atom stereocenters. The Morgan fingerprint density at radius 2 is 2.00 bits per heavy atom. The van der Waals surface area contributed by atoms with Gasteiger partial charge < -0.3 is 5.11 Å². The van der Waals surface area contributed by atoms with Crippen molar-refractivity contribution in [1.82, 2.24) is 15.0 Å². The molecule has 0 fully saturated rings. The van der Waals surface area contributed by atoms with Gasteiger partial charge in [-0.3, -0.25) is 4.68 Å². The summed E-state index contributed by atoms with van der Waals surface area (Å²) in [7, 11) is 0. The Morgan fingerprint density at radius 1 is 1.40 bits per heavy atom. The van der Waals surface area contributed by atoms with E-state index in [-0.39, 0.29) is 12.2 Å². The van der Waals surface area contributed by atoms with Gasteiger partial charge in [0.25, 0.3) is 0 Å². The second kappa shape index (κ2) is 3.80. The lowest BCUT2D eigenvalue weighted by Crippen LogP contribution is -2.16. The number of halogens is 3. The van der Waals surface area contributed by atoms with E-state index >= 15 is 0 Å². The summed E-state index contributed by atoms with van der Waals surface area (Å²) >= 11 is 0. The molecule has 0 aromatic carbocycles. The topological polar surface area (TPSA) is 50.9 Å². The average Bonchev–Trinajstić information content (AvgIpc) is 2.45. The first kappa shape index (κ1) is 12.0. The van der Waals surface area contributed by atoms with Crippen LogP contribution in [0, 0.1) is 0 Å². The van der Waals surface area contributed by atoms with E-state index in [9.17, 15) is 18.3 Å². The summed E-state index contributed by atoms with van der Waals surface area (Å²) in [5.41, 5.74) is -0.930. The smallest absolute Gasteiger partial charge is 0.384 e. The molecule has 4 nitrogen and oxygen atoms in total. The highest BCUT2D eigenvalue weighted by Crippen LogP contribution is 2.21. The molecule has 0 amide bonds. The summed E-state index contributed by atoms with van der Waals surface area (Å²) in [5.74, 6) is 0. The summed E-state index contributed by atoms with van der Waals surface area (Å²) in [6.45, 7) is 2.70. The number of rotatable bonds is 3. The minimum atomic E-state index is -4.21. The van der Waals surface area contributed by atoms with Crippen molar-refractivity contribution in [3.05, 3.63) is 11.9 Å². The highest BCUT2D eigenvalue weighted by atomic mass is 19.4. The van der Waals surface area contributed by atoms with Crippen LogP contribution in [0.1, 0.15) is 26.0 Å². The SMILES string of the molecule is CC(C)(O)c1cn(CCC(F)(F)F)nn1. The van der Waals surface area contributed by atoms with Gasteiger partial charge in [-0.15, -0.1) is 5.10 Å². The standard InChI is InChI=1S/C8H12F3N3O/c1-7(2,15)6-5-14(13-12-6)4-3-8(9,10)11/h5,15H,3-4H2,1-2H3. The van der Waals surface area contributed by atoms with E-state index in [1.807, 2.05) is 0 Å². The number of hydrogen-bond acceptors (Lipinski definition) is 3. The van der Waals surface area contributed by atoms with Gasteiger partial charge in [0.05, 0.1) is 19.2 Å². The van der Waals surface area contributed by atoms with Gasteiger partial charge in [0.1, 0.15) is 11.3 Å². The lowest BCUT2D eigenvalue weighted by atomic mass is 10.1. The molecule has 1 rings (SSSR count).